The Morgan fingerprint density at radius 1 is 0.868 bits per heavy atom. The van der Waals surface area contributed by atoms with E-state index in [0.717, 1.165) is 4.90 Å². The molecular formula is C22H31N4O12+. The van der Waals surface area contributed by atoms with Gasteiger partial charge in [0.25, 0.3) is 5.69 Å². The van der Waals surface area contributed by atoms with Gasteiger partial charge in [0.05, 0.1) is 49.7 Å². The molecule has 6 N–H and O–H groups in total. The van der Waals surface area contributed by atoms with Crippen molar-refractivity contribution in [3.05, 3.63) is 39.9 Å². The topological polar surface area (TPSA) is 245 Å². The summed E-state index contributed by atoms with van der Waals surface area (Å²) < 4.78 is -0.675. The van der Waals surface area contributed by atoms with Crippen molar-refractivity contribution in [1.82, 2.24) is 10.2 Å². The summed E-state index contributed by atoms with van der Waals surface area (Å²) in [6.45, 7) is -2.51. The number of aliphatic carboxylic acids is 5. The molecule has 0 aliphatic carbocycles. The summed E-state index contributed by atoms with van der Waals surface area (Å²) in [4.78, 5) is 69.1. The average Bonchev–Trinajstić information content (AvgIpc) is 2.75. The maximum Gasteiger partial charge on any atom is 0.359 e. The summed E-state index contributed by atoms with van der Waals surface area (Å²) in [6.07, 6.45) is -0.0886. The van der Waals surface area contributed by atoms with Crippen LogP contribution in [-0.2, 0) is 30.4 Å². The summed E-state index contributed by atoms with van der Waals surface area (Å²) in [5.41, 5.74) is 0.209. The molecule has 16 nitrogen and oxygen atoms in total. The number of carboxylic acids is 5. The first kappa shape index (κ1) is 31.9. The molecule has 0 bridgehead atoms. The Bertz CT molecular complexity index is 998. The van der Waals surface area contributed by atoms with Crippen LogP contribution in [0.15, 0.2) is 24.3 Å². The molecule has 0 saturated carbocycles. The smallest absolute Gasteiger partial charge is 0.359 e. The fourth-order valence-corrected chi connectivity index (χ4v) is 4.31. The SMILES string of the molecule is CC(C[N+](CC(=O)O)(CC(=O)O)CC(Cc1ccc([N+](=O)[O-])cc1)N(CC(=O)O)CC(=O)O)NCC(=O)O. The molecule has 0 spiro atoms. The summed E-state index contributed by atoms with van der Waals surface area (Å²) >= 11 is 0. The van der Waals surface area contributed by atoms with Gasteiger partial charge >= 0.3 is 29.8 Å². The summed E-state index contributed by atoms with van der Waals surface area (Å²) in [6, 6.07) is 3.42. The number of rotatable bonds is 19. The molecule has 0 fully saturated rings. The van der Waals surface area contributed by atoms with Crippen molar-refractivity contribution in [2.45, 2.75) is 25.4 Å². The van der Waals surface area contributed by atoms with Gasteiger partial charge in [-0.1, -0.05) is 12.1 Å². The van der Waals surface area contributed by atoms with Gasteiger partial charge in [-0.25, -0.2) is 9.59 Å². The van der Waals surface area contributed by atoms with Crippen molar-refractivity contribution < 1.29 is 58.9 Å². The number of non-ortho nitro benzene ring substituents is 1. The molecule has 0 amide bonds. The number of carboxylic acid groups (broad SMARTS) is 5. The highest BCUT2D eigenvalue weighted by Gasteiger charge is 2.40. The molecule has 0 aliphatic rings. The highest BCUT2D eigenvalue weighted by molar-refractivity contribution is 5.73. The van der Waals surface area contributed by atoms with Crippen molar-refractivity contribution in [2.75, 3.05) is 45.8 Å². The number of nitrogens with zero attached hydrogens (tertiary/aromatic N) is 3. The number of nitro groups is 1. The van der Waals surface area contributed by atoms with E-state index in [4.69, 9.17) is 5.11 Å². The van der Waals surface area contributed by atoms with Gasteiger partial charge in [-0.15, -0.1) is 0 Å². The van der Waals surface area contributed by atoms with Crippen LogP contribution in [0.3, 0.4) is 0 Å². The highest BCUT2D eigenvalue weighted by atomic mass is 16.6. The summed E-state index contributed by atoms with van der Waals surface area (Å²) in [5.74, 6) is -6.73. The van der Waals surface area contributed by atoms with Gasteiger partial charge in [0.2, 0.25) is 0 Å². The minimum absolute atomic E-state index is 0.0886. The molecule has 16 heteroatoms. The van der Waals surface area contributed by atoms with Crippen LogP contribution < -0.4 is 5.32 Å². The number of benzene rings is 1. The normalized spacial score (nSPS) is 13.0. The minimum Gasteiger partial charge on any atom is -0.480 e. The molecule has 1 aromatic rings. The van der Waals surface area contributed by atoms with E-state index in [1.165, 1.54) is 31.2 Å². The average molecular weight is 544 g/mol. The zero-order valence-corrected chi connectivity index (χ0v) is 20.6. The van der Waals surface area contributed by atoms with Gasteiger partial charge in [-0.05, 0) is 18.9 Å². The Labute approximate surface area is 216 Å². The van der Waals surface area contributed by atoms with E-state index in [2.05, 4.69) is 5.32 Å². The van der Waals surface area contributed by atoms with Crippen LogP contribution in [0.1, 0.15) is 12.5 Å². The fourth-order valence-electron chi connectivity index (χ4n) is 4.31. The van der Waals surface area contributed by atoms with Crippen molar-refractivity contribution >= 4 is 35.5 Å². The van der Waals surface area contributed by atoms with E-state index >= 15 is 0 Å². The second kappa shape index (κ2) is 14.6. The predicted molar refractivity (Wildman–Crippen MR) is 128 cm³/mol. The zero-order chi connectivity index (χ0) is 29.0. The molecule has 0 aromatic heterocycles. The number of hydrogen-bond donors (Lipinski definition) is 6. The van der Waals surface area contributed by atoms with E-state index in [0.29, 0.717) is 5.56 Å². The molecule has 0 radical (unpaired) electrons. The second-order valence-corrected chi connectivity index (χ2v) is 8.96. The first-order chi connectivity index (χ1) is 17.6. The Balaban J connectivity index is 3.55. The molecule has 1 aromatic carbocycles. The first-order valence-corrected chi connectivity index (χ1v) is 11.3. The fraction of sp³-hybridized carbons (Fsp3) is 0.500. The summed E-state index contributed by atoms with van der Waals surface area (Å²) in [5, 5.41) is 60.6. The predicted octanol–water partition coefficient (Wildman–Crippen LogP) is -0.974. The minimum atomic E-state index is -1.38. The van der Waals surface area contributed by atoms with E-state index in [-0.39, 0.29) is 25.2 Å². The molecule has 0 saturated heterocycles. The number of carbonyl (C=O) groups is 5. The maximum absolute atomic E-state index is 11.8. The molecule has 2 atom stereocenters. The van der Waals surface area contributed by atoms with Gasteiger partial charge in [0.15, 0.2) is 13.1 Å². The van der Waals surface area contributed by atoms with E-state index < -0.39 is 84.1 Å². The standard InChI is InChI=1S/C22H30N4O12/c1-14(23-7-18(27)28)10-26(12-21(33)34,13-22(35)36)11-17(24(8-19(29)30)9-20(31)32)6-15-2-4-16(5-3-15)25(37)38/h2-5,14,17,23H,6-13H2,1H3,(H4-,27,28,29,30,31,32,33,34,35,36)/p+1. The molecule has 38 heavy (non-hydrogen) atoms. The lowest BCUT2D eigenvalue weighted by Crippen LogP contribution is -2.64. The van der Waals surface area contributed by atoms with Crippen molar-refractivity contribution in [3.8, 4) is 0 Å². The molecule has 0 heterocycles. The Kier molecular flexibility index (Phi) is 12.2. The van der Waals surface area contributed by atoms with Gasteiger partial charge in [-0.2, -0.15) is 0 Å². The third-order valence-corrected chi connectivity index (χ3v) is 5.61. The van der Waals surface area contributed by atoms with E-state index in [1.54, 1.807) is 0 Å². The zero-order valence-electron chi connectivity index (χ0n) is 20.6. The van der Waals surface area contributed by atoms with Gasteiger partial charge in [0.1, 0.15) is 0 Å². The van der Waals surface area contributed by atoms with Crippen LogP contribution in [-0.4, -0.2) is 128 Å². The summed E-state index contributed by atoms with van der Waals surface area (Å²) in [7, 11) is 0. The number of quaternary nitrogens is 1. The lowest BCUT2D eigenvalue weighted by molar-refractivity contribution is -0.917. The van der Waals surface area contributed by atoms with Crippen LogP contribution in [0.4, 0.5) is 5.69 Å². The number of nitro benzene ring substituents is 1. The third-order valence-electron chi connectivity index (χ3n) is 5.61. The number of hydrogen-bond acceptors (Lipinski definition) is 9. The van der Waals surface area contributed by atoms with E-state index in [9.17, 15) is 54.5 Å². The molecule has 1 rings (SSSR count). The Hall–Kier alpha value is -4.15. The molecular weight excluding hydrogens is 512 g/mol. The van der Waals surface area contributed by atoms with Gasteiger partial charge in [0, 0.05) is 12.1 Å². The van der Waals surface area contributed by atoms with Crippen LogP contribution in [0, 0.1) is 10.1 Å². The molecule has 0 aliphatic heterocycles. The quantitative estimate of drug-likeness (QED) is 0.0698. The second-order valence-electron chi connectivity index (χ2n) is 8.96. The van der Waals surface area contributed by atoms with Crippen molar-refractivity contribution in [1.29, 1.82) is 0 Å². The highest BCUT2D eigenvalue weighted by Crippen LogP contribution is 2.20. The lowest BCUT2D eigenvalue weighted by Gasteiger charge is -2.42. The van der Waals surface area contributed by atoms with E-state index in [1.807, 2.05) is 0 Å². The monoisotopic (exact) mass is 543 g/mol. The molecule has 210 valence electrons. The van der Waals surface area contributed by atoms with Crippen molar-refractivity contribution in [2.24, 2.45) is 0 Å². The van der Waals surface area contributed by atoms with Crippen molar-refractivity contribution in [3.63, 3.8) is 0 Å². The Morgan fingerprint density at radius 2 is 1.37 bits per heavy atom. The maximum atomic E-state index is 11.8. The third kappa shape index (κ3) is 11.7. The largest absolute Gasteiger partial charge is 0.480 e. The van der Waals surface area contributed by atoms with Crippen LogP contribution in [0.5, 0.6) is 0 Å². The molecule has 2 unspecified atom stereocenters. The van der Waals surface area contributed by atoms with Gasteiger partial charge < -0.3 is 30.0 Å². The van der Waals surface area contributed by atoms with Crippen LogP contribution in [0.2, 0.25) is 0 Å². The van der Waals surface area contributed by atoms with Gasteiger partial charge in [-0.3, -0.25) is 34.7 Å². The van der Waals surface area contributed by atoms with Crippen LogP contribution >= 0.6 is 0 Å². The Morgan fingerprint density at radius 3 is 1.76 bits per heavy atom. The lowest BCUT2D eigenvalue weighted by atomic mass is 10.0. The van der Waals surface area contributed by atoms with Crippen LogP contribution in [0.25, 0.3) is 0 Å². The first-order valence-electron chi connectivity index (χ1n) is 11.3. The number of nitrogens with one attached hydrogen (secondary N) is 1.